The van der Waals surface area contributed by atoms with E-state index < -0.39 is 10.8 Å². The molecular formula is C21H25N3OS. The molecule has 0 amide bonds. The largest absolute Gasteiger partial charge is 0.371 e. The third-order valence-corrected chi connectivity index (χ3v) is 6.56. The molecule has 1 heterocycles. The van der Waals surface area contributed by atoms with Crippen LogP contribution in [0.25, 0.3) is 11.0 Å². The van der Waals surface area contributed by atoms with Crippen molar-refractivity contribution in [2.45, 2.75) is 49.1 Å². The second-order valence-corrected chi connectivity index (χ2v) is 8.45. The van der Waals surface area contributed by atoms with Crippen LogP contribution < -0.4 is 4.90 Å². The zero-order valence-electron chi connectivity index (χ0n) is 15.1. The third-order valence-electron chi connectivity index (χ3n) is 5.36. The SMILES string of the molecule is CN(c1ccccc1CS(=O)c1nc2ccccc2[nH]1)C1CCCCC1. The van der Waals surface area contributed by atoms with Gasteiger partial charge in [0.25, 0.3) is 0 Å². The van der Waals surface area contributed by atoms with Gasteiger partial charge in [-0.2, -0.15) is 0 Å². The fraction of sp³-hybridized carbons (Fsp3) is 0.381. The quantitative estimate of drug-likeness (QED) is 0.715. The molecule has 0 aliphatic heterocycles. The molecule has 2 aromatic carbocycles. The van der Waals surface area contributed by atoms with Crippen molar-refractivity contribution in [3.8, 4) is 0 Å². The molecule has 0 bridgehead atoms. The van der Waals surface area contributed by atoms with Crippen molar-refractivity contribution in [2.24, 2.45) is 0 Å². The summed E-state index contributed by atoms with van der Waals surface area (Å²) in [5, 5.41) is 0.557. The molecular weight excluding hydrogens is 342 g/mol. The molecule has 0 radical (unpaired) electrons. The minimum Gasteiger partial charge on any atom is -0.371 e. The standard InChI is InChI=1S/C21H25N3OS/c1-24(17-10-3-2-4-11-17)20-14-8-5-9-16(20)15-26(25)21-22-18-12-6-7-13-19(18)23-21/h5-9,12-14,17H,2-4,10-11,15H2,1H3,(H,22,23). The molecule has 1 saturated carbocycles. The average molecular weight is 368 g/mol. The van der Waals surface area contributed by atoms with Gasteiger partial charge in [-0.3, -0.25) is 4.21 Å². The lowest BCUT2D eigenvalue weighted by atomic mass is 9.94. The Morgan fingerprint density at radius 3 is 2.62 bits per heavy atom. The van der Waals surface area contributed by atoms with Crippen LogP contribution in [0.1, 0.15) is 37.7 Å². The molecule has 3 aromatic rings. The van der Waals surface area contributed by atoms with Gasteiger partial charge in [0, 0.05) is 18.8 Å². The highest BCUT2D eigenvalue weighted by molar-refractivity contribution is 7.84. The number of hydrogen-bond acceptors (Lipinski definition) is 3. The molecule has 4 rings (SSSR count). The molecule has 1 aromatic heterocycles. The Bertz CT molecular complexity index is 881. The molecule has 1 aliphatic carbocycles. The second-order valence-electron chi connectivity index (χ2n) is 7.08. The van der Waals surface area contributed by atoms with Gasteiger partial charge in [0.1, 0.15) is 0 Å². The summed E-state index contributed by atoms with van der Waals surface area (Å²) < 4.78 is 12.9. The number of H-pyrrole nitrogens is 1. The molecule has 1 aliphatic rings. The first kappa shape index (κ1) is 17.3. The number of aromatic amines is 1. The van der Waals surface area contributed by atoms with Gasteiger partial charge in [0.15, 0.2) is 5.16 Å². The molecule has 136 valence electrons. The maximum absolute atomic E-state index is 12.9. The molecule has 1 unspecified atom stereocenters. The van der Waals surface area contributed by atoms with Crippen molar-refractivity contribution in [3.05, 3.63) is 54.1 Å². The van der Waals surface area contributed by atoms with Crippen LogP contribution in [0.5, 0.6) is 0 Å². The van der Waals surface area contributed by atoms with E-state index in [4.69, 9.17) is 0 Å². The summed E-state index contributed by atoms with van der Waals surface area (Å²) in [6, 6.07) is 16.8. The topological polar surface area (TPSA) is 49.0 Å². The predicted molar refractivity (Wildman–Crippen MR) is 108 cm³/mol. The first-order chi connectivity index (χ1) is 12.7. The fourth-order valence-electron chi connectivity index (χ4n) is 3.89. The van der Waals surface area contributed by atoms with Crippen LogP contribution in [-0.2, 0) is 16.6 Å². The van der Waals surface area contributed by atoms with Crippen LogP contribution in [0.3, 0.4) is 0 Å². The first-order valence-electron chi connectivity index (χ1n) is 9.36. The predicted octanol–water partition coefficient (Wildman–Crippen LogP) is 4.64. The highest BCUT2D eigenvalue weighted by Crippen LogP contribution is 2.29. The van der Waals surface area contributed by atoms with Crippen LogP contribution in [0.2, 0.25) is 0 Å². The molecule has 4 nitrogen and oxygen atoms in total. The molecule has 1 atom stereocenters. The van der Waals surface area contributed by atoms with E-state index in [2.05, 4.69) is 40.1 Å². The molecule has 1 fully saturated rings. The van der Waals surface area contributed by atoms with Gasteiger partial charge in [-0.05, 0) is 36.6 Å². The van der Waals surface area contributed by atoms with Gasteiger partial charge in [-0.1, -0.05) is 49.6 Å². The minimum atomic E-state index is -1.19. The zero-order chi connectivity index (χ0) is 17.9. The fourth-order valence-corrected chi connectivity index (χ4v) is 4.98. The van der Waals surface area contributed by atoms with Crippen LogP contribution in [0.15, 0.2) is 53.7 Å². The maximum Gasteiger partial charge on any atom is 0.197 e. The number of imidazole rings is 1. The molecule has 5 heteroatoms. The van der Waals surface area contributed by atoms with Crippen molar-refractivity contribution in [1.29, 1.82) is 0 Å². The van der Waals surface area contributed by atoms with Crippen molar-refractivity contribution in [3.63, 3.8) is 0 Å². The van der Waals surface area contributed by atoms with E-state index in [1.807, 2.05) is 30.3 Å². The van der Waals surface area contributed by atoms with E-state index in [0.29, 0.717) is 17.0 Å². The van der Waals surface area contributed by atoms with Crippen LogP contribution >= 0.6 is 0 Å². The molecule has 0 saturated heterocycles. The lowest BCUT2D eigenvalue weighted by molar-refractivity contribution is 0.427. The molecule has 0 spiro atoms. The Morgan fingerprint density at radius 1 is 1.08 bits per heavy atom. The number of benzene rings is 2. The van der Waals surface area contributed by atoms with Gasteiger partial charge in [-0.15, -0.1) is 0 Å². The lowest BCUT2D eigenvalue weighted by Crippen LogP contribution is -2.34. The van der Waals surface area contributed by atoms with E-state index in [9.17, 15) is 4.21 Å². The summed E-state index contributed by atoms with van der Waals surface area (Å²) in [5.74, 6) is 0.479. The van der Waals surface area contributed by atoms with Crippen LogP contribution in [0, 0.1) is 0 Å². The Morgan fingerprint density at radius 2 is 1.81 bits per heavy atom. The lowest BCUT2D eigenvalue weighted by Gasteiger charge is -2.34. The number of aromatic nitrogens is 2. The Labute approximate surface area is 157 Å². The first-order valence-corrected chi connectivity index (χ1v) is 10.7. The molecule has 26 heavy (non-hydrogen) atoms. The Kier molecular flexibility index (Phi) is 5.07. The van der Waals surface area contributed by atoms with E-state index in [1.54, 1.807) is 0 Å². The maximum atomic E-state index is 12.9. The monoisotopic (exact) mass is 367 g/mol. The smallest absolute Gasteiger partial charge is 0.197 e. The van der Waals surface area contributed by atoms with Crippen molar-refractivity contribution in [1.82, 2.24) is 9.97 Å². The van der Waals surface area contributed by atoms with Gasteiger partial charge < -0.3 is 9.88 Å². The van der Waals surface area contributed by atoms with E-state index in [-0.39, 0.29) is 0 Å². The van der Waals surface area contributed by atoms with Crippen molar-refractivity contribution in [2.75, 3.05) is 11.9 Å². The molecule has 1 N–H and O–H groups in total. The Balaban J connectivity index is 1.56. The van der Waals surface area contributed by atoms with Gasteiger partial charge in [0.2, 0.25) is 0 Å². The summed E-state index contributed by atoms with van der Waals surface area (Å²) in [6.07, 6.45) is 6.46. The average Bonchev–Trinajstić information content (AvgIpc) is 3.13. The highest BCUT2D eigenvalue weighted by Gasteiger charge is 2.21. The number of fused-ring (bicyclic) bond motifs is 1. The second kappa shape index (κ2) is 7.62. The van der Waals surface area contributed by atoms with Crippen LogP contribution in [0.4, 0.5) is 5.69 Å². The summed E-state index contributed by atoms with van der Waals surface area (Å²) in [4.78, 5) is 10.1. The van der Waals surface area contributed by atoms with Gasteiger partial charge in [0.05, 0.1) is 27.6 Å². The number of nitrogens with zero attached hydrogens (tertiary/aromatic N) is 2. The summed E-state index contributed by atoms with van der Waals surface area (Å²) in [7, 11) is 0.987. The van der Waals surface area contributed by atoms with Crippen LogP contribution in [-0.4, -0.2) is 27.3 Å². The van der Waals surface area contributed by atoms with E-state index >= 15 is 0 Å². The third kappa shape index (κ3) is 3.54. The Hall–Kier alpha value is -2.14. The number of hydrogen-bond donors (Lipinski definition) is 1. The van der Waals surface area contributed by atoms with Crippen molar-refractivity contribution >= 4 is 27.5 Å². The number of nitrogens with one attached hydrogen (secondary N) is 1. The summed E-state index contributed by atoms with van der Waals surface area (Å²) >= 11 is 0. The summed E-state index contributed by atoms with van der Waals surface area (Å²) in [5.41, 5.74) is 4.12. The number of para-hydroxylation sites is 3. The minimum absolute atomic E-state index is 0.479. The number of rotatable bonds is 5. The summed E-state index contributed by atoms with van der Waals surface area (Å²) in [6.45, 7) is 0. The van der Waals surface area contributed by atoms with Gasteiger partial charge >= 0.3 is 0 Å². The highest BCUT2D eigenvalue weighted by atomic mass is 32.2. The normalized spacial score (nSPS) is 16.7. The van der Waals surface area contributed by atoms with Crippen molar-refractivity contribution < 1.29 is 4.21 Å². The van der Waals surface area contributed by atoms with E-state index in [0.717, 1.165) is 16.6 Å². The van der Waals surface area contributed by atoms with E-state index in [1.165, 1.54) is 37.8 Å². The van der Waals surface area contributed by atoms with Gasteiger partial charge in [-0.25, -0.2) is 4.98 Å². The number of anilines is 1. The zero-order valence-corrected chi connectivity index (χ0v) is 16.0.